The normalized spacial score (nSPS) is 11.7. The highest BCUT2D eigenvalue weighted by atomic mass is 16.5. The van der Waals surface area contributed by atoms with E-state index in [1.165, 1.54) is 14.2 Å². The van der Waals surface area contributed by atoms with E-state index in [9.17, 15) is 9.59 Å². The first-order chi connectivity index (χ1) is 14.0. The number of aromatic amines is 1. The van der Waals surface area contributed by atoms with Gasteiger partial charge in [-0.1, -0.05) is 24.3 Å². The fraction of sp³-hybridized carbons (Fsp3) is 0.273. The Labute approximate surface area is 169 Å². The van der Waals surface area contributed by atoms with Gasteiger partial charge in [0.2, 0.25) is 5.91 Å². The number of H-pyrrole nitrogens is 1. The SMILES string of the molecule is COC(=O)C(Cc1c[nH]c2ccccc12)NC(=O)Cc1ccc(OC)c(OC)c1. The Bertz CT molecular complexity index is 1010. The summed E-state index contributed by atoms with van der Waals surface area (Å²) in [6.07, 6.45) is 2.27. The van der Waals surface area contributed by atoms with Crippen LogP contribution < -0.4 is 14.8 Å². The molecule has 0 fully saturated rings. The quantitative estimate of drug-likeness (QED) is 0.572. The number of nitrogens with one attached hydrogen (secondary N) is 2. The first-order valence-electron chi connectivity index (χ1n) is 9.18. The third kappa shape index (κ3) is 4.68. The lowest BCUT2D eigenvalue weighted by Crippen LogP contribution is -2.43. The summed E-state index contributed by atoms with van der Waals surface area (Å²) in [5.74, 6) is 0.355. The minimum absolute atomic E-state index is 0.0989. The maximum Gasteiger partial charge on any atom is 0.328 e. The minimum Gasteiger partial charge on any atom is -0.493 e. The van der Waals surface area contributed by atoms with Crippen LogP contribution in [0.25, 0.3) is 10.9 Å². The number of benzene rings is 2. The molecule has 3 aromatic rings. The number of ether oxygens (including phenoxy) is 3. The third-order valence-electron chi connectivity index (χ3n) is 4.73. The molecule has 0 aliphatic heterocycles. The number of amides is 1. The molecule has 7 nitrogen and oxygen atoms in total. The molecule has 7 heteroatoms. The van der Waals surface area contributed by atoms with E-state index in [2.05, 4.69) is 10.3 Å². The Morgan fingerprint density at radius 1 is 1.03 bits per heavy atom. The highest BCUT2D eigenvalue weighted by Gasteiger charge is 2.23. The van der Waals surface area contributed by atoms with Crippen LogP contribution in [0.5, 0.6) is 11.5 Å². The molecule has 152 valence electrons. The molecule has 0 radical (unpaired) electrons. The van der Waals surface area contributed by atoms with Gasteiger partial charge < -0.3 is 24.5 Å². The van der Waals surface area contributed by atoms with Gasteiger partial charge in [-0.25, -0.2) is 4.79 Å². The van der Waals surface area contributed by atoms with Crippen LogP contribution in [0.15, 0.2) is 48.7 Å². The van der Waals surface area contributed by atoms with E-state index < -0.39 is 12.0 Å². The van der Waals surface area contributed by atoms with Gasteiger partial charge >= 0.3 is 5.97 Å². The van der Waals surface area contributed by atoms with E-state index >= 15 is 0 Å². The van der Waals surface area contributed by atoms with Crippen molar-refractivity contribution < 1.29 is 23.8 Å². The van der Waals surface area contributed by atoms with Gasteiger partial charge in [0, 0.05) is 23.5 Å². The summed E-state index contributed by atoms with van der Waals surface area (Å²) in [5.41, 5.74) is 2.65. The molecule has 1 amide bonds. The van der Waals surface area contributed by atoms with Gasteiger partial charge in [0.1, 0.15) is 6.04 Å². The standard InChI is InChI=1S/C22H24N2O5/c1-27-19-9-8-14(10-20(19)28-2)11-21(25)24-18(22(26)29-3)12-15-13-23-17-7-5-4-6-16(15)17/h4-10,13,18,23H,11-12H2,1-3H3,(H,24,25). The summed E-state index contributed by atoms with van der Waals surface area (Å²) in [6.45, 7) is 0. The number of hydrogen-bond acceptors (Lipinski definition) is 5. The second kappa shape index (κ2) is 9.14. The summed E-state index contributed by atoms with van der Waals surface area (Å²) >= 11 is 0. The van der Waals surface area contributed by atoms with Crippen molar-refractivity contribution in [2.75, 3.05) is 21.3 Å². The molecule has 0 saturated carbocycles. The Morgan fingerprint density at radius 2 is 1.79 bits per heavy atom. The Balaban J connectivity index is 1.73. The van der Waals surface area contributed by atoms with Crippen molar-refractivity contribution in [3.05, 3.63) is 59.8 Å². The molecule has 1 unspecified atom stereocenters. The van der Waals surface area contributed by atoms with Crippen molar-refractivity contribution in [1.82, 2.24) is 10.3 Å². The lowest BCUT2D eigenvalue weighted by molar-refractivity contribution is -0.145. The molecular weight excluding hydrogens is 372 g/mol. The van der Waals surface area contributed by atoms with Gasteiger partial charge in [-0.3, -0.25) is 4.79 Å². The smallest absolute Gasteiger partial charge is 0.328 e. The molecule has 1 heterocycles. The number of carbonyl (C=O) groups excluding carboxylic acids is 2. The largest absolute Gasteiger partial charge is 0.493 e. The summed E-state index contributed by atoms with van der Waals surface area (Å²) in [5, 5.41) is 3.80. The van der Waals surface area contributed by atoms with Crippen LogP contribution in [0.1, 0.15) is 11.1 Å². The first kappa shape index (κ1) is 20.3. The van der Waals surface area contributed by atoms with E-state index in [1.54, 1.807) is 25.3 Å². The molecule has 0 spiro atoms. The maximum atomic E-state index is 12.6. The van der Waals surface area contributed by atoms with Crippen LogP contribution >= 0.6 is 0 Å². The Morgan fingerprint density at radius 3 is 2.52 bits per heavy atom. The third-order valence-corrected chi connectivity index (χ3v) is 4.73. The average Bonchev–Trinajstić information content (AvgIpc) is 3.15. The Hall–Kier alpha value is -3.48. The monoisotopic (exact) mass is 396 g/mol. The Kier molecular flexibility index (Phi) is 6.39. The molecule has 0 bridgehead atoms. The zero-order valence-corrected chi connectivity index (χ0v) is 16.7. The van der Waals surface area contributed by atoms with Gasteiger partial charge in [-0.05, 0) is 29.3 Å². The summed E-state index contributed by atoms with van der Waals surface area (Å²) in [4.78, 5) is 28.0. The number of methoxy groups -OCH3 is 3. The van der Waals surface area contributed by atoms with Crippen molar-refractivity contribution in [2.45, 2.75) is 18.9 Å². The highest BCUT2D eigenvalue weighted by Crippen LogP contribution is 2.27. The molecule has 3 rings (SSSR count). The summed E-state index contributed by atoms with van der Waals surface area (Å²) in [7, 11) is 4.40. The molecule has 0 aliphatic rings. The number of rotatable bonds is 8. The fourth-order valence-corrected chi connectivity index (χ4v) is 3.28. The van der Waals surface area contributed by atoms with Crippen LogP contribution in [-0.4, -0.2) is 44.2 Å². The van der Waals surface area contributed by atoms with Crippen molar-refractivity contribution >= 4 is 22.8 Å². The topological polar surface area (TPSA) is 89.7 Å². The van der Waals surface area contributed by atoms with Crippen molar-refractivity contribution in [2.24, 2.45) is 0 Å². The zero-order chi connectivity index (χ0) is 20.8. The maximum absolute atomic E-state index is 12.6. The highest BCUT2D eigenvalue weighted by molar-refractivity contribution is 5.88. The van der Waals surface area contributed by atoms with Crippen LogP contribution in [0.3, 0.4) is 0 Å². The van der Waals surface area contributed by atoms with E-state index in [0.717, 1.165) is 22.0 Å². The predicted octanol–water partition coefficient (Wildman–Crippen LogP) is 2.63. The first-order valence-corrected chi connectivity index (χ1v) is 9.18. The number of aromatic nitrogens is 1. The minimum atomic E-state index is -0.785. The van der Waals surface area contributed by atoms with Crippen LogP contribution in [0.2, 0.25) is 0 Å². The van der Waals surface area contributed by atoms with Crippen molar-refractivity contribution in [1.29, 1.82) is 0 Å². The van der Waals surface area contributed by atoms with E-state index in [4.69, 9.17) is 14.2 Å². The summed E-state index contributed by atoms with van der Waals surface area (Å²) < 4.78 is 15.4. The van der Waals surface area contributed by atoms with Gasteiger partial charge in [0.15, 0.2) is 11.5 Å². The van der Waals surface area contributed by atoms with Gasteiger partial charge in [0.05, 0.1) is 27.8 Å². The fourth-order valence-electron chi connectivity index (χ4n) is 3.28. The molecule has 29 heavy (non-hydrogen) atoms. The number of para-hydroxylation sites is 1. The number of carbonyl (C=O) groups is 2. The van der Waals surface area contributed by atoms with Crippen molar-refractivity contribution in [3.63, 3.8) is 0 Å². The zero-order valence-electron chi connectivity index (χ0n) is 16.7. The number of hydrogen-bond donors (Lipinski definition) is 2. The van der Waals surface area contributed by atoms with E-state index in [-0.39, 0.29) is 12.3 Å². The summed E-state index contributed by atoms with van der Waals surface area (Å²) in [6, 6.07) is 12.3. The van der Waals surface area contributed by atoms with Crippen LogP contribution in [-0.2, 0) is 27.2 Å². The predicted molar refractivity (Wildman–Crippen MR) is 109 cm³/mol. The molecule has 1 atom stereocenters. The second-order valence-electron chi connectivity index (χ2n) is 6.57. The lowest BCUT2D eigenvalue weighted by Gasteiger charge is -2.17. The van der Waals surface area contributed by atoms with Crippen molar-refractivity contribution in [3.8, 4) is 11.5 Å². The van der Waals surface area contributed by atoms with Gasteiger partial charge in [-0.15, -0.1) is 0 Å². The average molecular weight is 396 g/mol. The van der Waals surface area contributed by atoms with Gasteiger partial charge in [0.25, 0.3) is 0 Å². The van der Waals surface area contributed by atoms with E-state index in [0.29, 0.717) is 17.9 Å². The lowest BCUT2D eigenvalue weighted by atomic mass is 10.0. The van der Waals surface area contributed by atoms with Crippen LogP contribution in [0.4, 0.5) is 0 Å². The molecule has 1 aromatic heterocycles. The number of esters is 1. The van der Waals surface area contributed by atoms with Crippen LogP contribution in [0, 0.1) is 0 Å². The molecule has 2 aromatic carbocycles. The molecular formula is C22H24N2O5. The molecule has 0 saturated heterocycles. The van der Waals surface area contributed by atoms with E-state index in [1.807, 2.05) is 30.5 Å². The van der Waals surface area contributed by atoms with Gasteiger partial charge in [-0.2, -0.15) is 0 Å². The molecule has 2 N–H and O–H groups in total. The second-order valence-corrected chi connectivity index (χ2v) is 6.57. The molecule has 0 aliphatic carbocycles. The number of fused-ring (bicyclic) bond motifs is 1.